The lowest BCUT2D eigenvalue weighted by Gasteiger charge is -2.25. The third-order valence-electron chi connectivity index (χ3n) is 4.66. The summed E-state index contributed by atoms with van der Waals surface area (Å²) in [5, 5.41) is 16.5. The maximum absolute atomic E-state index is 12.7. The van der Waals surface area contributed by atoms with Gasteiger partial charge >= 0.3 is 5.97 Å². The van der Waals surface area contributed by atoms with Gasteiger partial charge < -0.3 is 44.0 Å². The van der Waals surface area contributed by atoms with Crippen molar-refractivity contribution in [3.05, 3.63) is 0 Å². The van der Waals surface area contributed by atoms with E-state index >= 15 is 0 Å². The highest BCUT2D eigenvalue weighted by Crippen LogP contribution is 2.06. The van der Waals surface area contributed by atoms with Crippen LogP contribution in [0.4, 0.5) is 0 Å². The van der Waals surface area contributed by atoms with Gasteiger partial charge in [0.2, 0.25) is 23.6 Å². The molecule has 15 heteroatoms. The van der Waals surface area contributed by atoms with Crippen molar-refractivity contribution >= 4 is 48.2 Å². The van der Waals surface area contributed by atoms with Crippen LogP contribution in [-0.4, -0.2) is 77.1 Å². The summed E-state index contributed by atoms with van der Waals surface area (Å²) in [5.74, 6) is -4.80. The summed E-state index contributed by atoms with van der Waals surface area (Å²) in [6.45, 7) is 3.48. The van der Waals surface area contributed by atoms with Crippen LogP contribution in [0, 0.1) is 5.92 Å². The van der Waals surface area contributed by atoms with Gasteiger partial charge in [-0.05, 0) is 25.2 Å². The zero-order valence-electron chi connectivity index (χ0n) is 19.3. The molecule has 0 aromatic heterocycles. The molecule has 194 valence electrons. The molecular formula is C19H36N8O6S. The Bertz CT molecular complexity index is 759. The molecule has 4 amide bonds. The molecule has 0 saturated carbocycles. The number of hydrogen-bond donors (Lipinski definition) is 9. The van der Waals surface area contributed by atoms with E-state index in [0.717, 1.165) is 0 Å². The summed E-state index contributed by atoms with van der Waals surface area (Å²) in [5.41, 5.74) is 21.4. The molecule has 0 rings (SSSR count). The number of aliphatic carboxylic acids is 1. The number of rotatable bonds is 16. The summed E-state index contributed by atoms with van der Waals surface area (Å²) >= 11 is 4.06. The number of hydrogen-bond acceptors (Lipinski definition) is 8. The van der Waals surface area contributed by atoms with Crippen LogP contribution < -0.4 is 38.9 Å². The highest BCUT2D eigenvalue weighted by Gasteiger charge is 2.31. The van der Waals surface area contributed by atoms with Gasteiger partial charge in [-0.25, -0.2) is 4.79 Å². The Hall–Kier alpha value is -3.07. The Morgan fingerprint density at radius 2 is 1.47 bits per heavy atom. The summed E-state index contributed by atoms with van der Waals surface area (Å²) in [4.78, 5) is 64.0. The Balaban J connectivity index is 5.20. The number of nitrogens with zero attached hydrogens (tertiary/aromatic N) is 1. The van der Waals surface area contributed by atoms with Gasteiger partial charge in [0.25, 0.3) is 0 Å². The fraction of sp³-hybridized carbons (Fsp3) is 0.684. The molecule has 0 fully saturated rings. The van der Waals surface area contributed by atoms with Crippen molar-refractivity contribution in [2.24, 2.45) is 33.8 Å². The van der Waals surface area contributed by atoms with Crippen molar-refractivity contribution in [2.75, 3.05) is 12.3 Å². The van der Waals surface area contributed by atoms with Crippen molar-refractivity contribution < 1.29 is 29.1 Å². The topological polar surface area (TPSA) is 258 Å². The van der Waals surface area contributed by atoms with Gasteiger partial charge in [0.05, 0.1) is 6.04 Å². The van der Waals surface area contributed by atoms with Crippen LogP contribution in [0.1, 0.15) is 39.5 Å². The van der Waals surface area contributed by atoms with Crippen LogP contribution >= 0.6 is 12.6 Å². The minimum absolute atomic E-state index is 0.0807. The third-order valence-corrected chi connectivity index (χ3v) is 5.03. The summed E-state index contributed by atoms with van der Waals surface area (Å²) in [6.07, 6.45) is 0.268. The first-order valence-corrected chi connectivity index (χ1v) is 11.3. The maximum atomic E-state index is 12.7. The predicted octanol–water partition coefficient (Wildman–Crippen LogP) is -3.24. The number of carbonyl (C=O) groups excluding carboxylic acids is 4. The van der Waals surface area contributed by atoms with E-state index in [1.54, 1.807) is 13.8 Å². The summed E-state index contributed by atoms with van der Waals surface area (Å²) in [7, 11) is 0. The third kappa shape index (κ3) is 12.2. The second-order valence-electron chi connectivity index (χ2n) is 7.93. The van der Waals surface area contributed by atoms with Crippen LogP contribution in [0.2, 0.25) is 0 Å². The first-order valence-electron chi connectivity index (χ1n) is 10.6. The van der Waals surface area contributed by atoms with Gasteiger partial charge in [0.1, 0.15) is 18.1 Å². The van der Waals surface area contributed by atoms with E-state index in [4.69, 9.17) is 22.9 Å². The van der Waals surface area contributed by atoms with Gasteiger partial charge in [-0.2, -0.15) is 12.6 Å². The molecule has 0 saturated heterocycles. The van der Waals surface area contributed by atoms with E-state index in [0.29, 0.717) is 6.42 Å². The summed E-state index contributed by atoms with van der Waals surface area (Å²) < 4.78 is 0. The van der Waals surface area contributed by atoms with Crippen LogP contribution in [0.25, 0.3) is 0 Å². The second kappa shape index (κ2) is 15.7. The number of carboxylic acid groups (broad SMARTS) is 1. The largest absolute Gasteiger partial charge is 0.480 e. The molecule has 34 heavy (non-hydrogen) atoms. The number of primary amides is 1. The van der Waals surface area contributed by atoms with Crippen molar-refractivity contribution in [3.63, 3.8) is 0 Å². The molecular weight excluding hydrogens is 468 g/mol. The molecule has 0 aromatic carbocycles. The Morgan fingerprint density at radius 3 is 1.94 bits per heavy atom. The number of carboxylic acids is 1. The van der Waals surface area contributed by atoms with Gasteiger partial charge in [-0.1, -0.05) is 13.8 Å². The predicted molar refractivity (Wildman–Crippen MR) is 128 cm³/mol. The fourth-order valence-corrected chi connectivity index (χ4v) is 2.98. The minimum Gasteiger partial charge on any atom is -0.480 e. The van der Waals surface area contributed by atoms with Gasteiger partial charge in [0, 0.05) is 18.7 Å². The molecule has 0 bridgehead atoms. The fourth-order valence-electron chi connectivity index (χ4n) is 2.72. The highest BCUT2D eigenvalue weighted by molar-refractivity contribution is 7.80. The molecule has 14 nitrogen and oxygen atoms in total. The molecule has 0 aliphatic rings. The number of thiol groups is 1. The lowest BCUT2D eigenvalue weighted by molar-refractivity contribution is -0.143. The molecule has 0 spiro atoms. The maximum Gasteiger partial charge on any atom is 0.326 e. The van der Waals surface area contributed by atoms with Gasteiger partial charge in [-0.3, -0.25) is 24.2 Å². The van der Waals surface area contributed by atoms with Gasteiger partial charge in [-0.15, -0.1) is 0 Å². The lowest BCUT2D eigenvalue weighted by Crippen LogP contribution is -2.58. The molecule has 0 radical (unpaired) electrons. The smallest absolute Gasteiger partial charge is 0.326 e. The quantitative estimate of drug-likeness (QED) is 0.0442. The van der Waals surface area contributed by atoms with Crippen molar-refractivity contribution in [3.8, 4) is 0 Å². The molecule has 0 aliphatic heterocycles. The minimum atomic E-state index is -1.27. The molecule has 4 unspecified atom stereocenters. The number of carbonyl (C=O) groups is 5. The Kier molecular flexibility index (Phi) is 14.3. The number of amides is 4. The number of nitrogens with one attached hydrogen (secondary N) is 3. The monoisotopic (exact) mass is 504 g/mol. The van der Waals surface area contributed by atoms with Crippen LogP contribution in [-0.2, 0) is 24.0 Å². The molecule has 0 heterocycles. The molecule has 0 aliphatic carbocycles. The van der Waals surface area contributed by atoms with E-state index in [-0.39, 0.29) is 37.5 Å². The normalized spacial score (nSPS) is 14.3. The zero-order valence-corrected chi connectivity index (χ0v) is 20.2. The van der Waals surface area contributed by atoms with E-state index in [2.05, 4.69) is 33.6 Å². The Labute approximate surface area is 203 Å². The van der Waals surface area contributed by atoms with Crippen molar-refractivity contribution in [1.29, 1.82) is 0 Å². The van der Waals surface area contributed by atoms with Crippen LogP contribution in [0.15, 0.2) is 4.99 Å². The summed E-state index contributed by atoms with van der Waals surface area (Å²) in [6, 6.07) is -4.57. The van der Waals surface area contributed by atoms with Gasteiger partial charge in [0.15, 0.2) is 5.96 Å². The average Bonchev–Trinajstić information content (AvgIpc) is 2.74. The second-order valence-corrected chi connectivity index (χ2v) is 8.30. The molecule has 4 atom stereocenters. The Morgan fingerprint density at radius 1 is 0.912 bits per heavy atom. The number of guanidine groups is 1. The first kappa shape index (κ1) is 30.9. The zero-order chi connectivity index (χ0) is 26.4. The van der Waals surface area contributed by atoms with E-state index in [1.165, 1.54) is 0 Å². The standard InChI is InChI=1S/C19H36N8O6S/c1-9(2)14(18(32)33)27-16(30)11(5-6-13(21)28)25-17(31)12(8-34)26-15(29)10(20)4-3-7-24-19(22)23/h9-12,14,34H,3-8,20H2,1-2H3,(H2,21,28)(H,25,31)(H,26,29)(H,27,30)(H,32,33)(H4,22,23,24). The average molecular weight is 505 g/mol. The SMILES string of the molecule is CC(C)C(NC(=O)C(CCC(N)=O)NC(=O)C(CS)NC(=O)C(N)CCCN=C(N)N)C(=O)O. The molecule has 0 aromatic rings. The van der Waals surface area contributed by atoms with E-state index < -0.39 is 59.7 Å². The highest BCUT2D eigenvalue weighted by atomic mass is 32.1. The molecule has 12 N–H and O–H groups in total. The lowest BCUT2D eigenvalue weighted by atomic mass is 10.0. The van der Waals surface area contributed by atoms with E-state index in [9.17, 15) is 29.1 Å². The van der Waals surface area contributed by atoms with Crippen molar-refractivity contribution in [1.82, 2.24) is 16.0 Å². The van der Waals surface area contributed by atoms with E-state index in [1.807, 2.05) is 0 Å². The van der Waals surface area contributed by atoms with Crippen molar-refractivity contribution in [2.45, 2.75) is 63.7 Å². The van der Waals surface area contributed by atoms with Crippen LogP contribution in [0.5, 0.6) is 0 Å². The number of aliphatic imine (C=N–C) groups is 1. The first-order chi connectivity index (χ1) is 15.8. The number of nitrogens with two attached hydrogens (primary N) is 4. The van der Waals surface area contributed by atoms with Crippen LogP contribution in [0.3, 0.4) is 0 Å².